The summed E-state index contributed by atoms with van der Waals surface area (Å²) in [6.45, 7) is 0.184. The van der Waals surface area contributed by atoms with Crippen LogP contribution in [-0.4, -0.2) is 11.7 Å². The summed E-state index contributed by atoms with van der Waals surface area (Å²) in [5, 5.41) is 12.0. The van der Waals surface area contributed by atoms with Gasteiger partial charge in [0.1, 0.15) is 6.20 Å². The smallest absolute Gasteiger partial charge is 0.309 e. The number of aliphatic hydroxyl groups excluding tert-OH is 1. The molecule has 0 bridgehead atoms. The van der Waals surface area contributed by atoms with Gasteiger partial charge in [0.15, 0.2) is 0 Å². The topological polar surface area (TPSA) is 46.7 Å². The van der Waals surface area contributed by atoms with Gasteiger partial charge in [0.2, 0.25) is 0 Å². The average molecular weight is 130 g/mol. The van der Waals surface area contributed by atoms with Crippen molar-refractivity contribution in [2.24, 2.45) is 5.11 Å². The van der Waals surface area contributed by atoms with Crippen molar-refractivity contribution in [3.05, 3.63) is 11.1 Å². The second kappa shape index (κ2) is 2.84. The minimum atomic E-state index is 0.184. The van der Waals surface area contributed by atoms with Crippen molar-refractivity contribution in [3.8, 4) is 0 Å². The molecular formula is C4H6N2OS+. The zero-order valence-corrected chi connectivity index (χ0v) is 5.06. The van der Waals surface area contributed by atoms with Crippen molar-refractivity contribution in [2.75, 3.05) is 6.61 Å². The normalized spacial score (nSPS) is 16.9. The molecule has 0 fully saturated rings. The Morgan fingerprint density at radius 2 is 2.75 bits per heavy atom. The molecule has 1 aliphatic rings. The SMILES string of the molecule is OCCC1=CN=[N+]S1. The van der Waals surface area contributed by atoms with E-state index < -0.39 is 0 Å². The van der Waals surface area contributed by atoms with Crippen LogP contribution in [0.3, 0.4) is 0 Å². The van der Waals surface area contributed by atoms with Crippen molar-refractivity contribution in [1.82, 2.24) is 4.52 Å². The molecule has 0 aromatic carbocycles. The molecule has 8 heavy (non-hydrogen) atoms. The van der Waals surface area contributed by atoms with Gasteiger partial charge in [-0.1, -0.05) is 0 Å². The highest BCUT2D eigenvalue weighted by atomic mass is 32.2. The summed E-state index contributed by atoms with van der Waals surface area (Å²) in [6.07, 6.45) is 2.35. The van der Waals surface area contributed by atoms with E-state index in [1.54, 1.807) is 6.20 Å². The van der Waals surface area contributed by atoms with E-state index in [2.05, 4.69) is 9.63 Å². The molecule has 1 N–H and O–H groups in total. The first kappa shape index (κ1) is 5.78. The van der Waals surface area contributed by atoms with Gasteiger partial charge in [0, 0.05) is 13.0 Å². The molecule has 0 atom stereocenters. The second-order valence-corrected chi connectivity index (χ2v) is 2.23. The molecule has 1 rings (SSSR count). The quantitative estimate of drug-likeness (QED) is 0.558. The summed E-state index contributed by atoms with van der Waals surface area (Å²) >= 11 is 1.33. The largest absolute Gasteiger partial charge is 0.396 e. The van der Waals surface area contributed by atoms with Crippen molar-refractivity contribution in [3.63, 3.8) is 0 Å². The van der Waals surface area contributed by atoms with Gasteiger partial charge in [-0.25, -0.2) is 0 Å². The molecule has 0 aromatic rings. The van der Waals surface area contributed by atoms with E-state index in [1.165, 1.54) is 11.9 Å². The van der Waals surface area contributed by atoms with E-state index in [0.717, 1.165) is 4.91 Å². The van der Waals surface area contributed by atoms with Crippen LogP contribution in [0.25, 0.3) is 0 Å². The van der Waals surface area contributed by atoms with Crippen LogP contribution in [0, 0.1) is 0 Å². The first-order chi connectivity index (χ1) is 3.93. The van der Waals surface area contributed by atoms with Crippen molar-refractivity contribution >= 4 is 11.9 Å². The molecule has 0 aliphatic carbocycles. The zero-order valence-electron chi connectivity index (χ0n) is 4.24. The Hall–Kier alpha value is -0.350. The Bertz CT molecular complexity index is 132. The Morgan fingerprint density at radius 3 is 3.25 bits per heavy atom. The van der Waals surface area contributed by atoms with Crippen molar-refractivity contribution in [1.29, 1.82) is 0 Å². The fraction of sp³-hybridized carbons (Fsp3) is 0.500. The number of hydrogen-bond acceptors (Lipinski definition) is 4. The molecule has 0 saturated carbocycles. The number of hydrogen-bond donors (Lipinski definition) is 1. The summed E-state index contributed by atoms with van der Waals surface area (Å²) < 4.78 is 3.62. The molecule has 3 nitrogen and oxygen atoms in total. The molecule has 0 spiro atoms. The molecule has 0 aromatic heterocycles. The van der Waals surface area contributed by atoms with E-state index in [1.807, 2.05) is 0 Å². The maximum atomic E-state index is 8.39. The lowest BCUT2D eigenvalue weighted by Gasteiger charge is -1.82. The lowest BCUT2D eigenvalue weighted by atomic mass is 10.4. The van der Waals surface area contributed by atoms with E-state index in [9.17, 15) is 0 Å². The van der Waals surface area contributed by atoms with Gasteiger partial charge in [0.05, 0.1) is 10.0 Å². The predicted octanol–water partition coefficient (Wildman–Crippen LogP) is 0.660. The Labute approximate surface area is 51.6 Å². The highest BCUT2D eigenvalue weighted by Crippen LogP contribution is 2.19. The van der Waals surface area contributed by atoms with Crippen LogP contribution in [0.4, 0.5) is 0 Å². The van der Waals surface area contributed by atoms with Gasteiger partial charge in [0.25, 0.3) is 4.52 Å². The van der Waals surface area contributed by atoms with E-state index >= 15 is 0 Å². The highest BCUT2D eigenvalue weighted by Gasteiger charge is 2.13. The zero-order chi connectivity index (χ0) is 5.82. The Kier molecular flexibility index (Phi) is 2.05. The molecule has 43 valence electrons. The number of aliphatic hydroxyl groups is 1. The maximum absolute atomic E-state index is 8.39. The predicted molar refractivity (Wildman–Crippen MR) is 31.9 cm³/mol. The third kappa shape index (κ3) is 1.31. The molecular weight excluding hydrogens is 124 g/mol. The summed E-state index contributed by atoms with van der Waals surface area (Å²) in [7, 11) is 0. The van der Waals surface area contributed by atoms with Crippen LogP contribution in [0.5, 0.6) is 0 Å². The molecule has 1 radical (unpaired) electrons. The third-order valence-corrected chi connectivity index (χ3v) is 1.49. The standard InChI is InChI=1S/C4H6N2OS/c7-2-1-4-3-5-6-8-4/h3,7H,1-2H2/q+1. The Morgan fingerprint density at radius 1 is 1.88 bits per heavy atom. The first-order valence-electron chi connectivity index (χ1n) is 2.30. The molecule has 1 heterocycles. The lowest BCUT2D eigenvalue weighted by Crippen LogP contribution is -1.81. The van der Waals surface area contributed by atoms with Gasteiger partial charge < -0.3 is 5.11 Å². The number of rotatable bonds is 2. The van der Waals surface area contributed by atoms with E-state index in [4.69, 9.17) is 5.11 Å². The highest BCUT2D eigenvalue weighted by molar-refractivity contribution is 8.01. The van der Waals surface area contributed by atoms with Gasteiger partial charge in [-0.3, -0.25) is 0 Å². The number of nitrogens with zero attached hydrogens (tertiary/aromatic N) is 2. The monoisotopic (exact) mass is 130 g/mol. The second-order valence-electron chi connectivity index (χ2n) is 1.36. The van der Waals surface area contributed by atoms with E-state index in [0.29, 0.717) is 6.42 Å². The van der Waals surface area contributed by atoms with Gasteiger partial charge in [-0.05, 0) is 0 Å². The van der Waals surface area contributed by atoms with Gasteiger partial charge in [-0.15, -0.1) is 0 Å². The van der Waals surface area contributed by atoms with Crippen molar-refractivity contribution in [2.45, 2.75) is 6.42 Å². The molecule has 4 heteroatoms. The van der Waals surface area contributed by atoms with E-state index in [-0.39, 0.29) is 6.61 Å². The maximum Gasteiger partial charge on any atom is 0.309 e. The fourth-order valence-corrected chi connectivity index (χ4v) is 0.884. The summed E-state index contributed by atoms with van der Waals surface area (Å²) in [6, 6.07) is 0. The van der Waals surface area contributed by atoms with Crippen LogP contribution in [0.1, 0.15) is 6.42 Å². The summed E-state index contributed by atoms with van der Waals surface area (Å²) in [5.74, 6) is 0. The molecule has 0 saturated heterocycles. The minimum Gasteiger partial charge on any atom is -0.396 e. The van der Waals surface area contributed by atoms with Crippen LogP contribution < -0.4 is 4.52 Å². The molecule has 0 unspecified atom stereocenters. The van der Waals surface area contributed by atoms with Gasteiger partial charge >= 0.3 is 11.9 Å². The fourth-order valence-electron chi connectivity index (χ4n) is 0.408. The summed E-state index contributed by atoms with van der Waals surface area (Å²) in [5.41, 5.74) is 0. The van der Waals surface area contributed by atoms with Crippen molar-refractivity contribution < 1.29 is 5.11 Å². The van der Waals surface area contributed by atoms with Crippen LogP contribution in [0.15, 0.2) is 16.2 Å². The van der Waals surface area contributed by atoms with Crippen LogP contribution in [0.2, 0.25) is 0 Å². The first-order valence-corrected chi connectivity index (χ1v) is 3.08. The van der Waals surface area contributed by atoms with Crippen LogP contribution >= 0.6 is 11.9 Å². The minimum absolute atomic E-state index is 0.184. The third-order valence-electron chi connectivity index (χ3n) is 0.765. The Balaban J connectivity index is 2.28. The average Bonchev–Trinajstić information content (AvgIpc) is 2.19. The van der Waals surface area contributed by atoms with Crippen LogP contribution in [-0.2, 0) is 0 Å². The summed E-state index contributed by atoms with van der Waals surface area (Å²) in [4.78, 5) is 1.03. The molecule has 0 amide bonds. The van der Waals surface area contributed by atoms with Gasteiger partial charge in [-0.2, -0.15) is 0 Å². The molecule has 1 aliphatic heterocycles. The lowest BCUT2D eigenvalue weighted by molar-refractivity contribution is 0.301.